The molecule has 0 aliphatic heterocycles. The fraction of sp³-hybridized carbons (Fsp3) is 0.133. The molecule has 0 radical (unpaired) electrons. The summed E-state index contributed by atoms with van der Waals surface area (Å²) in [6.45, 7) is 1.49. The predicted molar refractivity (Wildman–Crippen MR) is 72.4 cm³/mol. The van der Waals surface area contributed by atoms with Gasteiger partial charge in [0.15, 0.2) is 6.61 Å². The van der Waals surface area contributed by atoms with E-state index in [0.717, 1.165) is 0 Å². The lowest BCUT2D eigenvalue weighted by molar-refractivity contribution is 0.0921. The van der Waals surface area contributed by atoms with Gasteiger partial charge in [0.2, 0.25) is 5.78 Å². The quantitative estimate of drug-likeness (QED) is 0.789. The molecule has 2 aromatic rings. The first-order valence-corrected chi connectivity index (χ1v) is 6.12. The van der Waals surface area contributed by atoms with Crippen LogP contribution in [0.25, 0.3) is 0 Å². The van der Waals surface area contributed by atoms with Crippen molar-refractivity contribution in [1.29, 1.82) is 0 Å². The van der Waals surface area contributed by atoms with Crippen LogP contribution in [0.4, 0.5) is 4.39 Å². The number of benzene rings is 2. The summed E-state index contributed by atoms with van der Waals surface area (Å²) in [5.74, 6) is -0.280. The minimum absolute atomic E-state index is 0.174. The zero-order chi connectivity index (χ0) is 13.8. The summed E-state index contributed by atoms with van der Waals surface area (Å²) < 4.78 is 18.6. The topological polar surface area (TPSA) is 26.3 Å². The summed E-state index contributed by atoms with van der Waals surface area (Å²) in [4.78, 5) is 11.9. The van der Waals surface area contributed by atoms with E-state index in [1.807, 2.05) is 0 Å². The van der Waals surface area contributed by atoms with Gasteiger partial charge in [-0.05, 0) is 30.7 Å². The average Bonchev–Trinajstić information content (AvgIpc) is 2.40. The van der Waals surface area contributed by atoms with Gasteiger partial charge in [0.1, 0.15) is 11.6 Å². The van der Waals surface area contributed by atoms with E-state index in [2.05, 4.69) is 0 Å². The fourth-order valence-electron chi connectivity index (χ4n) is 1.58. The Balaban J connectivity index is 2.04. The van der Waals surface area contributed by atoms with Gasteiger partial charge in [-0.15, -0.1) is 0 Å². The molecule has 0 saturated heterocycles. The Kier molecular flexibility index (Phi) is 4.17. The van der Waals surface area contributed by atoms with E-state index in [-0.39, 0.29) is 18.2 Å². The van der Waals surface area contributed by atoms with Gasteiger partial charge in [-0.1, -0.05) is 29.8 Å². The van der Waals surface area contributed by atoms with Crippen molar-refractivity contribution in [3.05, 3.63) is 64.4 Å². The molecule has 98 valence electrons. The smallest absolute Gasteiger partial charge is 0.201 e. The van der Waals surface area contributed by atoms with Crippen molar-refractivity contribution >= 4 is 17.4 Å². The second-order valence-electron chi connectivity index (χ2n) is 4.10. The Hall–Kier alpha value is -1.87. The van der Waals surface area contributed by atoms with Crippen LogP contribution in [0.5, 0.6) is 5.75 Å². The van der Waals surface area contributed by atoms with E-state index in [0.29, 0.717) is 21.9 Å². The first-order chi connectivity index (χ1) is 9.08. The molecule has 0 aliphatic rings. The van der Waals surface area contributed by atoms with E-state index in [1.165, 1.54) is 6.07 Å². The highest BCUT2D eigenvalue weighted by Gasteiger charge is 2.10. The van der Waals surface area contributed by atoms with Crippen molar-refractivity contribution in [3.63, 3.8) is 0 Å². The lowest BCUT2D eigenvalue weighted by Crippen LogP contribution is -2.12. The Morgan fingerprint density at radius 2 is 2.00 bits per heavy atom. The molecule has 2 aromatic carbocycles. The van der Waals surface area contributed by atoms with E-state index in [9.17, 15) is 9.18 Å². The second-order valence-corrected chi connectivity index (χ2v) is 4.51. The molecule has 0 fully saturated rings. The summed E-state index contributed by atoms with van der Waals surface area (Å²) in [5, 5.41) is 0.381. The summed E-state index contributed by atoms with van der Waals surface area (Å²) in [5.41, 5.74) is 0.932. The molecule has 2 nitrogen and oxygen atoms in total. The minimum Gasteiger partial charge on any atom is -0.485 e. The molecule has 19 heavy (non-hydrogen) atoms. The maximum atomic E-state index is 13.3. The van der Waals surface area contributed by atoms with E-state index in [1.54, 1.807) is 43.3 Å². The number of hydrogen-bond acceptors (Lipinski definition) is 2. The molecular weight excluding hydrogens is 267 g/mol. The maximum Gasteiger partial charge on any atom is 0.201 e. The largest absolute Gasteiger partial charge is 0.485 e. The number of halogens is 2. The van der Waals surface area contributed by atoms with E-state index < -0.39 is 0 Å². The number of Topliss-reactive ketones (excluding diaryl/α,β-unsaturated/α-hetero) is 1. The van der Waals surface area contributed by atoms with Crippen molar-refractivity contribution in [2.45, 2.75) is 6.92 Å². The lowest BCUT2D eigenvalue weighted by atomic mass is 10.1. The molecule has 4 heteroatoms. The van der Waals surface area contributed by atoms with Crippen LogP contribution in [0.1, 0.15) is 15.9 Å². The van der Waals surface area contributed by atoms with Gasteiger partial charge < -0.3 is 4.74 Å². The average molecular weight is 279 g/mol. The van der Waals surface area contributed by atoms with Crippen molar-refractivity contribution in [2.24, 2.45) is 0 Å². The van der Waals surface area contributed by atoms with Crippen LogP contribution in [0, 0.1) is 12.7 Å². The van der Waals surface area contributed by atoms with Crippen molar-refractivity contribution in [1.82, 2.24) is 0 Å². The molecule has 2 rings (SSSR count). The molecular formula is C15H12ClFO2. The van der Waals surface area contributed by atoms with E-state index >= 15 is 0 Å². The molecule has 0 saturated carbocycles. The summed E-state index contributed by atoms with van der Waals surface area (Å²) in [7, 11) is 0. The highest BCUT2D eigenvalue weighted by molar-refractivity contribution is 6.34. The molecule has 0 aliphatic carbocycles. The molecule has 0 heterocycles. The minimum atomic E-state index is -0.359. The SMILES string of the molecule is Cc1ccc(OCC(=O)c2ccccc2Cl)cc1F. The van der Waals surface area contributed by atoms with Crippen LogP contribution in [0.15, 0.2) is 42.5 Å². The number of aryl methyl sites for hydroxylation is 1. The number of ether oxygens (including phenoxy) is 1. The van der Waals surface area contributed by atoms with Gasteiger partial charge in [-0.25, -0.2) is 4.39 Å². The standard InChI is InChI=1S/C15H12ClFO2/c1-10-6-7-11(8-14(10)17)19-9-15(18)12-4-2-3-5-13(12)16/h2-8H,9H2,1H3. The number of carbonyl (C=O) groups excluding carboxylic acids is 1. The summed E-state index contributed by atoms with van der Waals surface area (Å²) in [6.07, 6.45) is 0. The van der Waals surface area contributed by atoms with Gasteiger partial charge in [-0.2, -0.15) is 0 Å². The van der Waals surface area contributed by atoms with Gasteiger partial charge in [0, 0.05) is 11.6 Å². The molecule has 0 amide bonds. The number of carbonyl (C=O) groups is 1. The van der Waals surface area contributed by atoms with Crippen LogP contribution >= 0.6 is 11.6 Å². The first kappa shape index (κ1) is 13.6. The third kappa shape index (κ3) is 3.32. The Morgan fingerprint density at radius 1 is 1.26 bits per heavy atom. The van der Waals surface area contributed by atoms with Crippen LogP contribution in [-0.4, -0.2) is 12.4 Å². The summed E-state index contributed by atoms with van der Waals surface area (Å²) in [6, 6.07) is 11.2. The van der Waals surface area contributed by atoms with Crippen LogP contribution in [0.3, 0.4) is 0 Å². The monoisotopic (exact) mass is 278 g/mol. The molecule has 0 spiro atoms. The van der Waals surface area contributed by atoms with Gasteiger partial charge in [-0.3, -0.25) is 4.79 Å². The fourth-order valence-corrected chi connectivity index (χ4v) is 1.82. The number of rotatable bonds is 4. The second kappa shape index (κ2) is 5.85. The molecule has 0 N–H and O–H groups in total. The van der Waals surface area contributed by atoms with Crippen molar-refractivity contribution < 1.29 is 13.9 Å². The zero-order valence-corrected chi connectivity index (χ0v) is 11.1. The molecule has 0 bridgehead atoms. The Morgan fingerprint density at radius 3 is 2.68 bits per heavy atom. The predicted octanol–water partition coefficient (Wildman–Crippen LogP) is 4.05. The zero-order valence-electron chi connectivity index (χ0n) is 10.3. The molecule has 0 unspecified atom stereocenters. The summed E-state index contributed by atoms with van der Waals surface area (Å²) >= 11 is 5.91. The number of ketones is 1. The van der Waals surface area contributed by atoms with Crippen molar-refractivity contribution in [2.75, 3.05) is 6.61 Å². The van der Waals surface area contributed by atoms with Crippen LogP contribution < -0.4 is 4.74 Å². The normalized spacial score (nSPS) is 10.3. The Labute approximate surface area is 115 Å². The number of hydrogen-bond donors (Lipinski definition) is 0. The van der Waals surface area contributed by atoms with Crippen molar-refractivity contribution in [3.8, 4) is 5.75 Å². The first-order valence-electron chi connectivity index (χ1n) is 5.74. The molecule has 0 aromatic heterocycles. The lowest BCUT2D eigenvalue weighted by Gasteiger charge is -2.07. The molecule has 0 atom stereocenters. The van der Waals surface area contributed by atoms with Gasteiger partial charge >= 0.3 is 0 Å². The third-order valence-electron chi connectivity index (χ3n) is 2.69. The Bertz CT molecular complexity index is 611. The highest BCUT2D eigenvalue weighted by Crippen LogP contribution is 2.18. The van der Waals surface area contributed by atoms with Gasteiger partial charge in [0.25, 0.3) is 0 Å². The highest BCUT2D eigenvalue weighted by atomic mass is 35.5. The van der Waals surface area contributed by atoms with Crippen LogP contribution in [-0.2, 0) is 0 Å². The van der Waals surface area contributed by atoms with Gasteiger partial charge in [0.05, 0.1) is 5.02 Å². The maximum absolute atomic E-state index is 13.3. The third-order valence-corrected chi connectivity index (χ3v) is 3.02. The van der Waals surface area contributed by atoms with Crippen LogP contribution in [0.2, 0.25) is 5.02 Å². The van der Waals surface area contributed by atoms with E-state index in [4.69, 9.17) is 16.3 Å².